The number of alkyl halides is 3. The van der Waals surface area contributed by atoms with Crippen molar-refractivity contribution < 1.29 is 13.2 Å². The van der Waals surface area contributed by atoms with Crippen molar-refractivity contribution >= 4 is 11.4 Å². The molecule has 1 aliphatic rings. The van der Waals surface area contributed by atoms with Crippen LogP contribution < -0.4 is 10.2 Å². The Morgan fingerprint density at radius 2 is 1.67 bits per heavy atom. The minimum atomic E-state index is -4.26. The molecule has 0 fully saturated rings. The first-order valence-corrected chi connectivity index (χ1v) is 6.75. The van der Waals surface area contributed by atoms with E-state index in [4.69, 9.17) is 0 Å². The Labute approximate surface area is 121 Å². The Kier molecular flexibility index (Phi) is 3.49. The number of anilines is 2. The fourth-order valence-corrected chi connectivity index (χ4v) is 2.56. The molecule has 21 heavy (non-hydrogen) atoms. The van der Waals surface area contributed by atoms with Gasteiger partial charge >= 0.3 is 6.18 Å². The quantitative estimate of drug-likeness (QED) is 0.898. The lowest BCUT2D eigenvalue weighted by atomic mass is 10.1. The molecule has 5 heteroatoms. The predicted octanol–water partition coefficient (Wildman–Crippen LogP) is 4.05. The minimum Gasteiger partial charge on any atom is -0.371 e. The molecule has 2 aromatic rings. The van der Waals surface area contributed by atoms with Crippen molar-refractivity contribution in [3.05, 3.63) is 60.2 Å². The molecule has 1 N–H and O–H groups in total. The molecule has 2 aromatic carbocycles. The first-order chi connectivity index (χ1) is 10.0. The Morgan fingerprint density at radius 3 is 2.38 bits per heavy atom. The number of fused-ring (bicyclic) bond motifs is 1. The van der Waals surface area contributed by atoms with Gasteiger partial charge in [0.1, 0.15) is 6.04 Å². The topological polar surface area (TPSA) is 15.3 Å². The summed E-state index contributed by atoms with van der Waals surface area (Å²) < 4.78 is 39.2. The highest BCUT2D eigenvalue weighted by atomic mass is 19.4. The third-order valence-corrected chi connectivity index (χ3v) is 3.59. The Morgan fingerprint density at radius 1 is 1.00 bits per heavy atom. The van der Waals surface area contributed by atoms with Crippen LogP contribution in [0.15, 0.2) is 54.6 Å². The average molecular weight is 292 g/mol. The summed E-state index contributed by atoms with van der Waals surface area (Å²) in [6.45, 7) is 0.377. The molecule has 0 aromatic heterocycles. The Balaban J connectivity index is 1.91. The molecule has 0 spiro atoms. The van der Waals surface area contributed by atoms with Crippen LogP contribution in [0.4, 0.5) is 24.5 Å². The molecule has 0 saturated heterocycles. The number of benzene rings is 2. The van der Waals surface area contributed by atoms with E-state index < -0.39 is 12.2 Å². The van der Waals surface area contributed by atoms with Gasteiger partial charge in [-0.3, -0.25) is 0 Å². The predicted molar refractivity (Wildman–Crippen MR) is 77.4 cm³/mol. The molecule has 0 amide bonds. The fourth-order valence-electron chi connectivity index (χ4n) is 2.56. The SMILES string of the molecule is FC(F)(F)[C@H]1CN(Cc2ccccc2)c2ccccc2N1. The smallest absolute Gasteiger partial charge is 0.371 e. The molecule has 0 saturated carbocycles. The van der Waals surface area contributed by atoms with Crippen LogP contribution in [-0.2, 0) is 6.54 Å². The van der Waals surface area contributed by atoms with Gasteiger partial charge in [-0.05, 0) is 17.7 Å². The lowest BCUT2D eigenvalue weighted by Gasteiger charge is -2.38. The third kappa shape index (κ3) is 2.96. The summed E-state index contributed by atoms with van der Waals surface area (Å²) in [4.78, 5) is 1.78. The summed E-state index contributed by atoms with van der Waals surface area (Å²) in [5.74, 6) is 0. The molecule has 1 heterocycles. The Bertz CT molecular complexity index is 610. The highest BCUT2D eigenvalue weighted by Gasteiger charge is 2.43. The minimum absolute atomic E-state index is 0.0879. The number of para-hydroxylation sites is 2. The van der Waals surface area contributed by atoms with Gasteiger partial charge < -0.3 is 10.2 Å². The third-order valence-electron chi connectivity index (χ3n) is 3.59. The van der Waals surface area contributed by atoms with E-state index in [2.05, 4.69) is 5.32 Å². The molecule has 1 aliphatic heterocycles. The van der Waals surface area contributed by atoms with Crippen molar-refractivity contribution in [3.8, 4) is 0 Å². The molecule has 2 nitrogen and oxygen atoms in total. The van der Waals surface area contributed by atoms with E-state index in [-0.39, 0.29) is 6.54 Å². The van der Waals surface area contributed by atoms with Crippen molar-refractivity contribution in [2.45, 2.75) is 18.8 Å². The molecule has 1 atom stereocenters. The summed E-state index contributed by atoms with van der Waals surface area (Å²) in [6.07, 6.45) is -4.26. The molecule has 0 radical (unpaired) electrons. The number of nitrogens with one attached hydrogen (secondary N) is 1. The van der Waals surface area contributed by atoms with E-state index in [0.29, 0.717) is 12.2 Å². The standard InChI is InChI=1S/C16H15F3N2/c17-16(18,19)15-11-21(10-12-6-2-1-3-7-12)14-9-5-4-8-13(14)20-15/h1-9,15,20H,10-11H2/t15-/m1/s1. The van der Waals surface area contributed by atoms with Gasteiger partial charge in [0.25, 0.3) is 0 Å². The van der Waals surface area contributed by atoms with Gasteiger partial charge in [-0.2, -0.15) is 13.2 Å². The summed E-state index contributed by atoms with van der Waals surface area (Å²) >= 11 is 0. The van der Waals surface area contributed by atoms with Gasteiger partial charge in [0.15, 0.2) is 0 Å². The number of nitrogens with zero attached hydrogens (tertiary/aromatic N) is 1. The van der Waals surface area contributed by atoms with Crippen LogP contribution >= 0.6 is 0 Å². The number of rotatable bonds is 2. The van der Waals surface area contributed by atoms with Gasteiger partial charge in [0.2, 0.25) is 0 Å². The molecule has 3 rings (SSSR count). The maximum atomic E-state index is 13.1. The maximum Gasteiger partial charge on any atom is 0.410 e. The molecular weight excluding hydrogens is 277 g/mol. The van der Waals surface area contributed by atoms with Crippen molar-refractivity contribution in [3.63, 3.8) is 0 Å². The van der Waals surface area contributed by atoms with Crippen LogP contribution in [0.25, 0.3) is 0 Å². The second-order valence-corrected chi connectivity index (χ2v) is 5.12. The number of hydrogen-bond acceptors (Lipinski definition) is 2. The van der Waals surface area contributed by atoms with E-state index in [1.807, 2.05) is 42.5 Å². The van der Waals surface area contributed by atoms with Crippen molar-refractivity contribution in [2.24, 2.45) is 0 Å². The van der Waals surface area contributed by atoms with Gasteiger partial charge in [-0.1, -0.05) is 42.5 Å². The van der Waals surface area contributed by atoms with Gasteiger partial charge in [-0.25, -0.2) is 0 Å². The molecule has 0 bridgehead atoms. The molecule has 110 valence electrons. The Hall–Kier alpha value is -2.17. The largest absolute Gasteiger partial charge is 0.410 e. The van der Waals surface area contributed by atoms with E-state index in [1.165, 1.54) is 0 Å². The number of halogens is 3. The van der Waals surface area contributed by atoms with Crippen LogP contribution in [0, 0.1) is 0 Å². The summed E-state index contributed by atoms with van der Waals surface area (Å²) in [6, 6.07) is 15.1. The van der Waals surface area contributed by atoms with Crippen LogP contribution in [0.3, 0.4) is 0 Å². The zero-order valence-electron chi connectivity index (χ0n) is 11.3. The lowest BCUT2D eigenvalue weighted by Crippen LogP contribution is -2.49. The lowest BCUT2D eigenvalue weighted by molar-refractivity contribution is -0.140. The van der Waals surface area contributed by atoms with Crippen LogP contribution in [0.5, 0.6) is 0 Å². The molecule has 0 aliphatic carbocycles. The first-order valence-electron chi connectivity index (χ1n) is 6.75. The van der Waals surface area contributed by atoms with Gasteiger partial charge in [0, 0.05) is 13.1 Å². The van der Waals surface area contributed by atoms with Crippen LogP contribution in [0.1, 0.15) is 5.56 Å². The molecular formula is C16H15F3N2. The summed E-state index contributed by atoms with van der Waals surface area (Å²) in [7, 11) is 0. The average Bonchev–Trinajstić information content (AvgIpc) is 2.47. The van der Waals surface area contributed by atoms with Crippen LogP contribution in [-0.4, -0.2) is 18.8 Å². The number of hydrogen-bond donors (Lipinski definition) is 1. The van der Waals surface area contributed by atoms with E-state index >= 15 is 0 Å². The van der Waals surface area contributed by atoms with Crippen molar-refractivity contribution in [1.29, 1.82) is 0 Å². The summed E-state index contributed by atoms with van der Waals surface area (Å²) in [5.41, 5.74) is 2.33. The maximum absolute atomic E-state index is 13.1. The monoisotopic (exact) mass is 292 g/mol. The van der Waals surface area contributed by atoms with E-state index in [9.17, 15) is 13.2 Å². The second kappa shape index (κ2) is 5.31. The van der Waals surface area contributed by atoms with Crippen molar-refractivity contribution in [2.75, 3.05) is 16.8 Å². The second-order valence-electron chi connectivity index (χ2n) is 5.12. The highest BCUT2D eigenvalue weighted by Crippen LogP contribution is 2.36. The fraction of sp³-hybridized carbons (Fsp3) is 0.250. The van der Waals surface area contributed by atoms with Gasteiger partial charge in [0.05, 0.1) is 11.4 Å². The van der Waals surface area contributed by atoms with Crippen LogP contribution in [0.2, 0.25) is 0 Å². The van der Waals surface area contributed by atoms with Gasteiger partial charge in [-0.15, -0.1) is 0 Å². The van der Waals surface area contributed by atoms with E-state index in [0.717, 1.165) is 11.3 Å². The first kappa shape index (κ1) is 13.8. The highest BCUT2D eigenvalue weighted by molar-refractivity contribution is 5.72. The zero-order valence-corrected chi connectivity index (χ0v) is 11.3. The normalized spacial score (nSPS) is 18.0. The zero-order chi connectivity index (χ0) is 14.9. The van der Waals surface area contributed by atoms with E-state index in [1.54, 1.807) is 17.0 Å². The molecule has 0 unspecified atom stereocenters. The summed E-state index contributed by atoms with van der Waals surface area (Å²) in [5, 5.41) is 2.59. The van der Waals surface area contributed by atoms with Crippen molar-refractivity contribution in [1.82, 2.24) is 0 Å².